The summed E-state index contributed by atoms with van der Waals surface area (Å²) in [6, 6.07) is 26.0. The Bertz CT molecular complexity index is 1270. The summed E-state index contributed by atoms with van der Waals surface area (Å²) in [4.78, 5) is 10.1. The second-order valence-electron chi connectivity index (χ2n) is 8.60. The number of pyridine rings is 2. The molecule has 0 radical (unpaired) electrons. The first-order valence-corrected chi connectivity index (χ1v) is 13.5. The first kappa shape index (κ1) is 26.4. The van der Waals surface area contributed by atoms with Crippen molar-refractivity contribution in [3.8, 4) is 5.75 Å². The van der Waals surface area contributed by atoms with Crippen LogP contribution in [0, 0.1) is 6.92 Å². The van der Waals surface area contributed by atoms with Crippen molar-refractivity contribution >= 4 is 21.0 Å². The van der Waals surface area contributed by atoms with Crippen LogP contribution in [-0.2, 0) is 21.0 Å². The highest BCUT2D eigenvalue weighted by atomic mass is 32.2. The largest absolute Gasteiger partial charge is 0.744 e. The number of nitrogens with zero attached hydrogens (tertiary/aromatic N) is 2. The van der Waals surface area contributed by atoms with Gasteiger partial charge in [0.15, 0.2) is 4.90 Å². The lowest BCUT2D eigenvalue weighted by Gasteiger charge is -2.21. The standard InChI is InChI=1S/C20H21N2OS.C7H8O3S/c1-20(2,3)23-16-10-12-17(13-11-16)24(18-8-4-6-14-21-18)19-9-5-7-15-22-19;1-6-2-4-7(5-3-6)11(8,9)10/h4-15H,1-3H3;2-5H,1H3,(H,8,9,10)/q+1;/p-1. The van der Waals surface area contributed by atoms with Gasteiger partial charge in [-0.25, -0.2) is 18.4 Å². The van der Waals surface area contributed by atoms with Crippen LogP contribution in [0.5, 0.6) is 5.75 Å². The van der Waals surface area contributed by atoms with E-state index < -0.39 is 10.1 Å². The van der Waals surface area contributed by atoms with Crippen molar-refractivity contribution in [1.29, 1.82) is 0 Å². The highest BCUT2D eigenvalue weighted by Crippen LogP contribution is 2.30. The number of aryl methyl sites for hydroxylation is 1. The Morgan fingerprint density at radius 2 is 1.29 bits per heavy atom. The Labute approximate surface area is 210 Å². The fourth-order valence-corrected chi connectivity index (χ4v) is 5.32. The number of ether oxygens (including phenoxy) is 1. The van der Waals surface area contributed by atoms with E-state index in [1.807, 2.05) is 76.5 Å². The summed E-state index contributed by atoms with van der Waals surface area (Å²) >= 11 is 0. The van der Waals surface area contributed by atoms with Crippen molar-refractivity contribution in [2.45, 2.75) is 53.1 Å². The molecule has 0 N–H and O–H groups in total. The third-order valence-corrected chi connectivity index (χ3v) is 7.40. The van der Waals surface area contributed by atoms with Crippen molar-refractivity contribution in [2.75, 3.05) is 0 Å². The Morgan fingerprint density at radius 3 is 1.69 bits per heavy atom. The normalized spacial score (nSPS) is 11.5. The van der Waals surface area contributed by atoms with Gasteiger partial charge in [-0.15, -0.1) is 0 Å². The highest BCUT2D eigenvalue weighted by molar-refractivity contribution is 7.96. The second-order valence-corrected chi connectivity index (χ2v) is 11.9. The van der Waals surface area contributed by atoms with E-state index >= 15 is 0 Å². The molecule has 6 nitrogen and oxygen atoms in total. The highest BCUT2D eigenvalue weighted by Gasteiger charge is 2.31. The van der Waals surface area contributed by atoms with Crippen molar-refractivity contribution in [2.24, 2.45) is 0 Å². The first-order valence-electron chi connectivity index (χ1n) is 10.9. The van der Waals surface area contributed by atoms with Gasteiger partial charge < -0.3 is 9.29 Å². The molecule has 2 aromatic heterocycles. The van der Waals surface area contributed by atoms with Gasteiger partial charge >= 0.3 is 0 Å². The van der Waals surface area contributed by atoms with E-state index in [2.05, 4.69) is 34.2 Å². The zero-order chi connectivity index (χ0) is 25.5. The van der Waals surface area contributed by atoms with E-state index in [1.54, 1.807) is 12.1 Å². The molecule has 4 aromatic rings. The molecule has 182 valence electrons. The molecule has 0 aliphatic rings. The first-order chi connectivity index (χ1) is 16.5. The van der Waals surface area contributed by atoms with Crippen LogP contribution in [0.3, 0.4) is 0 Å². The molecular formula is C27H28N2O4S2. The molecule has 0 saturated heterocycles. The maximum absolute atomic E-state index is 10.4. The molecule has 0 aliphatic carbocycles. The number of hydrogen-bond acceptors (Lipinski definition) is 6. The lowest BCUT2D eigenvalue weighted by atomic mass is 10.2. The van der Waals surface area contributed by atoms with Crippen molar-refractivity contribution in [1.82, 2.24) is 9.97 Å². The number of benzene rings is 2. The molecule has 2 aromatic carbocycles. The molecule has 2 heterocycles. The van der Waals surface area contributed by atoms with Gasteiger partial charge in [-0.3, -0.25) is 0 Å². The average molecular weight is 509 g/mol. The molecule has 0 atom stereocenters. The van der Waals surface area contributed by atoms with E-state index in [0.717, 1.165) is 21.4 Å². The summed E-state index contributed by atoms with van der Waals surface area (Å²) in [5.74, 6) is 0.872. The minimum absolute atomic E-state index is 0.178. The quantitative estimate of drug-likeness (QED) is 0.256. The van der Waals surface area contributed by atoms with Gasteiger partial charge in [0.25, 0.3) is 10.1 Å². The summed E-state index contributed by atoms with van der Waals surface area (Å²) in [6.45, 7) is 7.97. The molecular weight excluding hydrogens is 480 g/mol. The van der Waals surface area contributed by atoms with Crippen molar-refractivity contribution < 1.29 is 17.7 Å². The Kier molecular flexibility index (Phi) is 8.67. The van der Waals surface area contributed by atoms with E-state index in [4.69, 9.17) is 4.74 Å². The monoisotopic (exact) mass is 508 g/mol. The van der Waals surface area contributed by atoms with Gasteiger partial charge in [-0.1, -0.05) is 29.8 Å². The third-order valence-electron chi connectivity index (χ3n) is 4.49. The Hall–Kier alpha value is -3.20. The summed E-state index contributed by atoms with van der Waals surface area (Å²) in [6.07, 6.45) is 3.66. The van der Waals surface area contributed by atoms with Gasteiger partial charge in [0.2, 0.25) is 0 Å². The summed E-state index contributed by atoms with van der Waals surface area (Å²) < 4.78 is 37.1. The van der Waals surface area contributed by atoms with Crippen LogP contribution in [0.25, 0.3) is 0 Å². The molecule has 0 aliphatic heterocycles. The van der Waals surface area contributed by atoms with Crippen LogP contribution >= 0.6 is 0 Å². The predicted molar refractivity (Wildman–Crippen MR) is 137 cm³/mol. The summed E-state index contributed by atoms with van der Waals surface area (Å²) in [5.41, 5.74) is 0.725. The van der Waals surface area contributed by atoms with Crippen LogP contribution in [0.1, 0.15) is 26.3 Å². The van der Waals surface area contributed by atoms with Crippen LogP contribution in [0.15, 0.2) is 117 Å². The lowest BCUT2D eigenvalue weighted by Crippen LogP contribution is -2.22. The van der Waals surface area contributed by atoms with Crippen LogP contribution < -0.4 is 4.74 Å². The molecule has 0 unspecified atom stereocenters. The fourth-order valence-electron chi connectivity index (χ4n) is 2.99. The average Bonchev–Trinajstić information content (AvgIpc) is 2.81. The van der Waals surface area contributed by atoms with Gasteiger partial charge in [-0.05, 0) is 76.2 Å². The molecule has 0 fully saturated rings. The molecule has 35 heavy (non-hydrogen) atoms. The fraction of sp³-hybridized carbons (Fsp3) is 0.185. The zero-order valence-corrected chi connectivity index (χ0v) is 21.7. The van der Waals surface area contributed by atoms with Crippen LogP contribution in [-0.4, -0.2) is 28.5 Å². The van der Waals surface area contributed by atoms with Gasteiger partial charge in [0, 0.05) is 24.5 Å². The van der Waals surface area contributed by atoms with Gasteiger partial charge in [0.05, 0.1) is 4.90 Å². The molecule has 0 amide bonds. The Morgan fingerprint density at radius 1 is 0.771 bits per heavy atom. The van der Waals surface area contributed by atoms with E-state index in [0.29, 0.717) is 0 Å². The minimum atomic E-state index is -4.27. The molecule has 0 saturated carbocycles. The zero-order valence-electron chi connectivity index (χ0n) is 20.1. The minimum Gasteiger partial charge on any atom is -0.744 e. The summed E-state index contributed by atoms with van der Waals surface area (Å²) in [5, 5.41) is 2.03. The lowest BCUT2D eigenvalue weighted by molar-refractivity contribution is 0.131. The smallest absolute Gasteiger partial charge is 0.259 e. The van der Waals surface area contributed by atoms with Gasteiger partial charge in [0.1, 0.15) is 32.4 Å². The SMILES string of the molecule is CC(C)(C)Oc1ccc([S+](c2ccccn2)c2ccccn2)cc1.Cc1ccc(S(=O)(=O)[O-])cc1. The molecule has 8 heteroatoms. The molecule has 0 spiro atoms. The summed E-state index contributed by atoms with van der Waals surface area (Å²) in [7, 11) is -4.59. The number of aromatic nitrogens is 2. The second kappa shape index (κ2) is 11.5. The van der Waals surface area contributed by atoms with Crippen LogP contribution in [0.2, 0.25) is 0 Å². The number of rotatable bonds is 5. The van der Waals surface area contributed by atoms with E-state index in [1.165, 1.54) is 17.0 Å². The predicted octanol–water partition coefficient (Wildman–Crippen LogP) is 5.65. The number of hydrogen-bond donors (Lipinski definition) is 0. The Balaban J connectivity index is 0.000000261. The third kappa shape index (κ3) is 8.20. The molecule has 4 rings (SSSR count). The van der Waals surface area contributed by atoms with E-state index in [9.17, 15) is 13.0 Å². The van der Waals surface area contributed by atoms with Crippen molar-refractivity contribution in [3.63, 3.8) is 0 Å². The van der Waals surface area contributed by atoms with Crippen LogP contribution in [0.4, 0.5) is 0 Å². The maximum Gasteiger partial charge on any atom is 0.259 e. The molecule has 0 bridgehead atoms. The topological polar surface area (TPSA) is 92.2 Å². The van der Waals surface area contributed by atoms with Crippen molar-refractivity contribution in [3.05, 3.63) is 103 Å². The maximum atomic E-state index is 10.4. The van der Waals surface area contributed by atoms with E-state index in [-0.39, 0.29) is 21.4 Å². The van der Waals surface area contributed by atoms with Gasteiger partial charge in [-0.2, -0.15) is 0 Å².